The fourth-order valence-corrected chi connectivity index (χ4v) is 1.82. The highest BCUT2D eigenvalue weighted by Gasteiger charge is 2.12. The molecular weight excluding hydrogens is 242 g/mol. The Labute approximate surface area is 112 Å². The highest BCUT2D eigenvalue weighted by atomic mass is 16.5. The third-order valence-corrected chi connectivity index (χ3v) is 2.91. The number of carbonyl (C=O) groups excluding carboxylic acids is 1. The van der Waals surface area contributed by atoms with Crippen LogP contribution in [0.5, 0.6) is 0 Å². The largest absolute Gasteiger partial charge is 0.377 e. The first-order chi connectivity index (χ1) is 9.08. The first kappa shape index (κ1) is 13.5. The standard InChI is InChI=1S/C14H19N3O2/c1-10(2)19-7-6-17(3)14(18)11-4-5-12-9-15-16-13(12)8-11/h4-5,8-10H,6-7H2,1-3H3,(H,15,16). The second kappa shape index (κ2) is 5.84. The van der Waals surface area contributed by atoms with E-state index in [4.69, 9.17) is 4.74 Å². The zero-order valence-corrected chi connectivity index (χ0v) is 11.5. The molecule has 0 fully saturated rings. The van der Waals surface area contributed by atoms with Gasteiger partial charge in [-0.3, -0.25) is 9.89 Å². The summed E-state index contributed by atoms with van der Waals surface area (Å²) in [6.07, 6.45) is 1.92. The number of benzene rings is 1. The lowest BCUT2D eigenvalue weighted by Gasteiger charge is -2.18. The average Bonchev–Trinajstić information content (AvgIpc) is 2.84. The Balaban J connectivity index is 2.01. The van der Waals surface area contributed by atoms with Crippen molar-refractivity contribution in [1.29, 1.82) is 0 Å². The lowest BCUT2D eigenvalue weighted by Crippen LogP contribution is -2.30. The Morgan fingerprint density at radius 1 is 1.47 bits per heavy atom. The van der Waals surface area contributed by atoms with Crippen LogP contribution in [-0.2, 0) is 4.74 Å². The number of hydrogen-bond donors (Lipinski definition) is 1. The Kier molecular flexibility index (Phi) is 4.16. The van der Waals surface area contributed by atoms with Gasteiger partial charge < -0.3 is 9.64 Å². The zero-order chi connectivity index (χ0) is 13.8. The zero-order valence-electron chi connectivity index (χ0n) is 11.5. The normalized spacial score (nSPS) is 11.2. The summed E-state index contributed by atoms with van der Waals surface area (Å²) in [6, 6.07) is 5.54. The van der Waals surface area contributed by atoms with Crippen LogP contribution in [0.25, 0.3) is 10.9 Å². The molecule has 102 valence electrons. The van der Waals surface area contributed by atoms with Crippen molar-refractivity contribution >= 4 is 16.8 Å². The van der Waals surface area contributed by atoms with Crippen LogP contribution in [0.15, 0.2) is 24.4 Å². The van der Waals surface area contributed by atoms with Crippen LogP contribution >= 0.6 is 0 Å². The number of H-pyrrole nitrogens is 1. The number of rotatable bonds is 5. The maximum atomic E-state index is 12.2. The van der Waals surface area contributed by atoms with Crippen molar-refractivity contribution in [3.05, 3.63) is 30.0 Å². The van der Waals surface area contributed by atoms with Gasteiger partial charge in [0.05, 0.1) is 24.4 Å². The van der Waals surface area contributed by atoms with Crippen LogP contribution < -0.4 is 0 Å². The maximum Gasteiger partial charge on any atom is 0.253 e. The minimum Gasteiger partial charge on any atom is -0.377 e. The van der Waals surface area contributed by atoms with Gasteiger partial charge in [0.15, 0.2) is 0 Å². The van der Waals surface area contributed by atoms with Gasteiger partial charge in [-0.25, -0.2) is 0 Å². The average molecular weight is 261 g/mol. The van der Waals surface area contributed by atoms with Gasteiger partial charge in [0, 0.05) is 24.5 Å². The molecule has 2 rings (SSSR count). The van der Waals surface area contributed by atoms with E-state index >= 15 is 0 Å². The number of amides is 1. The van der Waals surface area contributed by atoms with Gasteiger partial charge in [-0.05, 0) is 26.0 Å². The number of likely N-dealkylation sites (N-methyl/N-ethyl adjacent to an activating group) is 1. The summed E-state index contributed by atoms with van der Waals surface area (Å²) in [5, 5.41) is 7.81. The summed E-state index contributed by atoms with van der Waals surface area (Å²) in [6.45, 7) is 5.09. The van der Waals surface area contributed by atoms with Crippen molar-refractivity contribution < 1.29 is 9.53 Å². The van der Waals surface area contributed by atoms with Crippen LogP contribution in [0.2, 0.25) is 0 Å². The fraction of sp³-hybridized carbons (Fsp3) is 0.429. The molecule has 2 aromatic rings. The Hall–Kier alpha value is -1.88. The van der Waals surface area contributed by atoms with Gasteiger partial charge >= 0.3 is 0 Å². The molecule has 0 unspecified atom stereocenters. The smallest absolute Gasteiger partial charge is 0.253 e. The summed E-state index contributed by atoms with van der Waals surface area (Å²) in [4.78, 5) is 13.9. The van der Waals surface area contributed by atoms with E-state index in [1.807, 2.05) is 32.0 Å². The van der Waals surface area contributed by atoms with Crippen LogP contribution in [-0.4, -0.2) is 47.3 Å². The van der Waals surface area contributed by atoms with Crippen molar-refractivity contribution in [2.24, 2.45) is 0 Å². The van der Waals surface area contributed by atoms with Crippen LogP contribution in [0.3, 0.4) is 0 Å². The molecule has 0 aliphatic heterocycles. The van der Waals surface area contributed by atoms with Crippen LogP contribution in [0.4, 0.5) is 0 Å². The third-order valence-electron chi connectivity index (χ3n) is 2.91. The van der Waals surface area contributed by atoms with Gasteiger partial charge in [-0.1, -0.05) is 6.07 Å². The summed E-state index contributed by atoms with van der Waals surface area (Å²) in [5.41, 5.74) is 1.53. The number of carbonyl (C=O) groups is 1. The number of aromatic amines is 1. The lowest BCUT2D eigenvalue weighted by atomic mass is 10.1. The summed E-state index contributed by atoms with van der Waals surface area (Å²) in [7, 11) is 1.78. The topological polar surface area (TPSA) is 58.2 Å². The minimum atomic E-state index is -0.0103. The molecule has 0 aliphatic rings. The van der Waals surface area contributed by atoms with E-state index in [1.54, 1.807) is 18.1 Å². The quantitative estimate of drug-likeness (QED) is 0.896. The van der Waals surface area contributed by atoms with Gasteiger partial charge in [0.2, 0.25) is 0 Å². The van der Waals surface area contributed by atoms with E-state index in [1.165, 1.54) is 0 Å². The monoisotopic (exact) mass is 261 g/mol. The number of ether oxygens (including phenoxy) is 1. The van der Waals surface area contributed by atoms with E-state index in [2.05, 4.69) is 10.2 Å². The molecule has 1 heterocycles. The second-order valence-electron chi connectivity index (χ2n) is 4.82. The fourth-order valence-electron chi connectivity index (χ4n) is 1.82. The molecule has 5 heteroatoms. The highest BCUT2D eigenvalue weighted by molar-refractivity contribution is 5.97. The predicted molar refractivity (Wildman–Crippen MR) is 74.1 cm³/mol. The Morgan fingerprint density at radius 2 is 2.26 bits per heavy atom. The molecule has 0 spiro atoms. The Morgan fingerprint density at radius 3 is 3.00 bits per heavy atom. The number of hydrogen-bond acceptors (Lipinski definition) is 3. The number of nitrogens with one attached hydrogen (secondary N) is 1. The summed E-state index contributed by atoms with van der Waals surface area (Å²) in [5.74, 6) is -0.0103. The third kappa shape index (κ3) is 3.32. The van der Waals surface area contributed by atoms with E-state index in [0.717, 1.165) is 10.9 Å². The van der Waals surface area contributed by atoms with Gasteiger partial charge in [-0.2, -0.15) is 5.10 Å². The minimum absolute atomic E-state index is 0.0103. The summed E-state index contributed by atoms with van der Waals surface area (Å²) >= 11 is 0. The van der Waals surface area contributed by atoms with Crippen molar-refractivity contribution in [1.82, 2.24) is 15.1 Å². The molecule has 1 aromatic heterocycles. The predicted octanol–water partition coefficient (Wildman–Crippen LogP) is 2.06. The van der Waals surface area contributed by atoms with Crippen molar-refractivity contribution in [3.63, 3.8) is 0 Å². The number of aromatic nitrogens is 2. The molecule has 19 heavy (non-hydrogen) atoms. The molecule has 1 amide bonds. The first-order valence-electron chi connectivity index (χ1n) is 6.38. The molecule has 0 atom stereocenters. The second-order valence-corrected chi connectivity index (χ2v) is 4.82. The molecule has 0 bridgehead atoms. The number of fused-ring (bicyclic) bond motifs is 1. The van der Waals surface area contributed by atoms with E-state index in [0.29, 0.717) is 18.7 Å². The van der Waals surface area contributed by atoms with Crippen molar-refractivity contribution in [2.45, 2.75) is 20.0 Å². The molecule has 0 saturated heterocycles. The van der Waals surface area contributed by atoms with Crippen molar-refractivity contribution in [2.75, 3.05) is 20.2 Å². The molecular formula is C14H19N3O2. The molecule has 0 radical (unpaired) electrons. The van der Waals surface area contributed by atoms with Crippen molar-refractivity contribution in [3.8, 4) is 0 Å². The van der Waals surface area contributed by atoms with Gasteiger partial charge in [-0.15, -0.1) is 0 Å². The van der Waals surface area contributed by atoms with Crippen LogP contribution in [0, 0.1) is 0 Å². The molecule has 5 nitrogen and oxygen atoms in total. The van der Waals surface area contributed by atoms with E-state index in [-0.39, 0.29) is 12.0 Å². The molecule has 0 saturated carbocycles. The SMILES string of the molecule is CC(C)OCCN(C)C(=O)c1ccc2cn[nH]c2c1. The van der Waals surface area contributed by atoms with Gasteiger partial charge in [0.25, 0.3) is 5.91 Å². The van der Waals surface area contributed by atoms with E-state index in [9.17, 15) is 4.79 Å². The molecule has 1 aromatic carbocycles. The van der Waals surface area contributed by atoms with Crippen LogP contribution in [0.1, 0.15) is 24.2 Å². The molecule has 1 N–H and O–H groups in total. The highest BCUT2D eigenvalue weighted by Crippen LogP contribution is 2.14. The first-order valence-corrected chi connectivity index (χ1v) is 6.38. The lowest BCUT2D eigenvalue weighted by molar-refractivity contribution is 0.0532. The maximum absolute atomic E-state index is 12.2. The molecule has 0 aliphatic carbocycles. The Bertz CT molecular complexity index is 563. The van der Waals surface area contributed by atoms with Gasteiger partial charge in [0.1, 0.15) is 0 Å². The van der Waals surface area contributed by atoms with E-state index < -0.39 is 0 Å². The number of nitrogens with zero attached hydrogens (tertiary/aromatic N) is 2. The summed E-state index contributed by atoms with van der Waals surface area (Å²) < 4.78 is 5.45.